The summed E-state index contributed by atoms with van der Waals surface area (Å²) in [4.78, 5) is 15.2. The molecule has 0 atom stereocenters. The van der Waals surface area contributed by atoms with Gasteiger partial charge in [0.2, 0.25) is 0 Å². The van der Waals surface area contributed by atoms with Crippen molar-refractivity contribution < 1.29 is 4.42 Å². The van der Waals surface area contributed by atoms with E-state index in [-0.39, 0.29) is 0 Å². The summed E-state index contributed by atoms with van der Waals surface area (Å²) < 4.78 is 11.8. The molecule has 0 saturated carbocycles. The van der Waals surface area contributed by atoms with E-state index < -0.39 is 0 Å². The molecule has 9 aromatic carbocycles. The average molecular weight is 780 g/mol. The Kier molecular flexibility index (Phi) is 7.21. The maximum absolute atomic E-state index is 6.95. The molecule has 61 heavy (non-hydrogen) atoms. The van der Waals surface area contributed by atoms with Gasteiger partial charge in [-0.3, -0.25) is 0 Å². The molecule has 0 unspecified atom stereocenters. The molecule has 0 bridgehead atoms. The molecule has 4 heterocycles. The molecule has 6 heteroatoms. The zero-order chi connectivity index (χ0) is 40.0. The fraction of sp³-hybridized carbons (Fsp3) is 0. The van der Waals surface area contributed by atoms with Crippen molar-refractivity contribution in [1.82, 2.24) is 24.1 Å². The fourth-order valence-corrected chi connectivity index (χ4v) is 9.50. The van der Waals surface area contributed by atoms with Crippen LogP contribution in [-0.4, -0.2) is 24.1 Å². The molecular formula is C55H33N5O. The van der Waals surface area contributed by atoms with Crippen LogP contribution < -0.4 is 0 Å². The first kappa shape index (κ1) is 33.6. The summed E-state index contributed by atoms with van der Waals surface area (Å²) in [5.74, 6) is 1.83. The van der Waals surface area contributed by atoms with Crippen LogP contribution in [0.15, 0.2) is 205 Å². The second kappa shape index (κ2) is 13.1. The van der Waals surface area contributed by atoms with E-state index in [1.54, 1.807) is 0 Å². The SMILES string of the molecule is c1ccc(-c2nc(-c3ccccc3)nc(-c3cc4oc5cc(-n6c7ccccc7c7ccc8c9ccccc9n(-c9ccccc9)c8c76)ccc5c4c4ccccc34)n2)cc1. The Morgan fingerprint density at radius 3 is 1.41 bits per heavy atom. The number of rotatable bonds is 5. The van der Waals surface area contributed by atoms with Crippen LogP contribution in [0.4, 0.5) is 0 Å². The highest BCUT2D eigenvalue weighted by molar-refractivity contribution is 6.25. The molecule has 0 N–H and O–H groups in total. The Labute approximate surface area is 349 Å². The van der Waals surface area contributed by atoms with Gasteiger partial charge in [-0.1, -0.05) is 152 Å². The van der Waals surface area contributed by atoms with Crippen molar-refractivity contribution in [2.75, 3.05) is 0 Å². The first-order valence-electron chi connectivity index (χ1n) is 20.5. The Morgan fingerprint density at radius 1 is 0.328 bits per heavy atom. The molecule has 0 aliphatic carbocycles. The van der Waals surface area contributed by atoms with Gasteiger partial charge in [-0.05, 0) is 53.2 Å². The highest BCUT2D eigenvalue weighted by atomic mass is 16.3. The highest BCUT2D eigenvalue weighted by Crippen LogP contribution is 2.44. The number of furan rings is 1. The number of benzene rings is 9. The van der Waals surface area contributed by atoms with Crippen LogP contribution in [-0.2, 0) is 0 Å². The summed E-state index contributed by atoms with van der Waals surface area (Å²) in [5.41, 5.74) is 11.1. The second-order valence-corrected chi connectivity index (χ2v) is 15.6. The molecule has 0 amide bonds. The van der Waals surface area contributed by atoms with Crippen molar-refractivity contribution in [2.45, 2.75) is 0 Å². The standard InChI is InChI=1S/C55H33N5O/c1-4-16-34(17-5-1)53-56-54(35-18-6-2-7-19-35)58-55(57-53)45-33-49-50(41-25-11-10-22-38(41)45)44-29-28-37(32-48(44)61-49)60-47-27-15-13-24-40(47)43-31-30-42-39-23-12-14-26-46(39)59(51(42)52(43)60)36-20-8-3-9-21-36/h1-33H. The Morgan fingerprint density at radius 2 is 0.803 bits per heavy atom. The molecule has 0 radical (unpaired) electrons. The third-order valence-corrected chi connectivity index (χ3v) is 12.1. The molecule has 6 nitrogen and oxygen atoms in total. The molecule has 0 aliphatic rings. The monoisotopic (exact) mass is 779 g/mol. The van der Waals surface area contributed by atoms with Gasteiger partial charge in [0.1, 0.15) is 11.2 Å². The van der Waals surface area contributed by atoms with E-state index in [2.05, 4.69) is 149 Å². The molecule has 0 saturated heterocycles. The zero-order valence-electron chi connectivity index (χ0n) is 32.7. The van der Waals surface area contributed by atoms with Crippen molar-refractivity contribution >= 4 is 76.3 Å². The molecule has 0 spiro atoms. The number of hydrogen-bond donors (Lipinski definition) is 0. The van der Waals surface area contributed by atoms with Crippen LogP contribution >= 0.6 is 0 Å². The first-order valence-corrected chi connectivity index (χ1v) is 20.5. The van der Waals surface area contributed by atoms with Crippen molar-refractivity contribution in [3.8, 4) is 45.5 Å². The van der Waals surface area contributed by atoms with Crippen LogP contribution in [0.1, 0.15) is 0 Å². The van der Waals surface area contributed by atoms with Crippen LogP contribution in [0, 0.1) is 0 Å². The smallest absolute Gasteiger partial charge is 0.164 e. The average Bonchev–Trinajstić information content (AvgIpc) is 3.99. The summed E-state index contributed by atoms with van der Waals surface area (Å²) in [6, 6.07) is 70.2. The molecule has 4 aromatic heterocycles. The van der Waals surface area contributed by atoms with Gasteiger partial charge in [-0.15, -0.1) is 0 Å². The van der Waals surface area contributed by atoms with Gasteiger partial charge in [-0.2, -0.15) is 0 Å². The highest BCUT2D eigenvalue weighted by Gasteiger charge is 2.23. The zero-order valence-corrected chi connectivity index (χ0v) is 32.7. The second-order valence-electron chi connectivity index (χ2n) is 15.6. The summed E-state index contributed by atoms with van der Waals surface area (Å²) in [6.45, 7) is 0. The van der Waals surface area contributed by atoms with Gasteiger partial charge in [0.15, 0.2) is 17.5 Å². The molecule has 0 fully saturated rings. The molecule has 13 aromatic rings. The van der Waals surface area contributed by atoms with Gasteiger partial charge >= 0.3 is 0 Å². The van der Waals surface area contributed by atoms with Crippen LogP contribution in [0.5, 0.6) is 0 Å². The minimum absolute atomic E-state index is 0.593. The minimum Gasteiger partial charge on any atom is -0.456 e. The third-order valence-electron chi connectivity index (χ3n) is 12.1. The Balaban J connectivity index is 1.07. The van der Waals surface area contributed by atoms with Crippen LogP contribution in [0.25, 0.3) is 122 Å². The molecule has 284 valence electrons. The van der Waals surface area contributed by atoms with Gasteiger partial charge in [0.05, 0.1) is 27.8 Å². The largest absolute Gasteiger partial charge is 0.456 e. The van der Waals surface area contributed by atoms with Crippen molar-refractivity contribution in [3.05, 3.63) is 200 Å². The minimum atomic E-state index is 0.593. The van der Waals surface area contributed by atoms with E-state index >= 15 is 0 Å². The van der Waals surface area contributed by atoms with E-state index in [4.69, 9.17) is 19.4 Å². The quantitative estimate of drug-likeness (QED) is 0.175. The lowest BCUT2D eigenvalue weighted by Crippen LogP contribution is -2.00. The maximum Gasteiger partial charge on any atom is 0.164 e. The topological polar surface area (TPSA) is 61.7 Å². The number of nitrogens with zero attached hydrogens (tertiary/aromatic N) is 5. The Bertz CT molecular complexity index is 3810. The van der Waals surface area contributed by atoms with Crippen molar-refractivity contribution in [1.29, 1.82) is 0 Å². The fourth-order valence-electron chi connectivity index (χ4n) is 9.50. The third kappa shape index (κ3) is 5.06. The Hall–Kier alpha value is -8.35. The van der Waals surface area contributed by atoms with Gasteiger partial charge in [0, 0.05) is 60.8 Å². The van der Waals surface area contributed by atoms with E-state index in [9.17, 15) is 0 Å². The first-order chi connectivity index (χ1) is 30.3. The van der Waals surface area contributed by atoms with Gasteiger partial charge < -0.3 is 13.6 Å². The predicted molar refractivity (Wildman–Crippen MR) is 250 cm³/mol. The maximum atomic E-state index is 6.95. The molecule has 13 rings (SSSR count). The van der Waals surface area contributed by atoms with Crippen molar-refractivity contribution in [2.24, 2.45) is 0 Å². The normalized spacial score (nSPS) is 11.9. The molecule has 0 aliphatic heterocycles. The lowest BCUT2D eigenvalue weighted by atomic mass is 9.98. The number of aromatic nitrogens is 5. The van der Waals surface area contributed by atoms with Gasteiger partial charge in [0.25, 0.3) is 0 Å². The van der Waals surface area contributed by atoms with Crippen molar-refractivity contribution in [3.63, 3.8) is 0 Å². The number of para-hydroxylation sites is 3. The van der Waals surface area contributed by atoms with E-state index in [1.165, 1.54) is 32.6 Å². The number of hydrogen-bond acceptors (Lipinski definition) is 4. The van der Waals surface area contributed by atoms with Crippen LogP contribution in [0.3, 0.4) is 0 Å². The van der Waals surface area contributed by atoms with E-state index in [1.807, 2.05) is 60.7 Å². The molecular weight excluding hydrogens is 747 g/mol. The van der Waals surface area contributed by atoms with Gasteiger partial charge in [-0.25, -0.2) is 15.0 Å². The summed E-state index contributed by atoms with van der Waals surface area (Å²) in [7, 11) is 0. The summed E-state index contributed by atoms with van der Waals surface area (Å²) in [6.07, 6.45) is 0. The number of fused-ring (bicyclic) bond motifs is 12. The summed E-state index contributed by atoms with van der Waals surface area (Å²) >= 11 is 0. The lowest BCUT2D eigenvalue weighted by molar-refractivity contribution is 0.669. The summed E-state index contributed by atoms with van der Waals surface area (Å²) in [5, 5.41) is 9.08. The van der Waals surface area contributed by atoms with E-state index in [0.29, 0.717) is 17.5 Å². The van der Waals surface area contributed by atoms with E-state index in [0.717, 1.165) is 71.8 Å². The lowest BCUT2D eigenvalue weighted by Gasteiger charge is -2.12. The van der Waals surface area contributed by atoms with Crippen LogP contribution in [0.2, 0.25) is 0 Å². The predicted octanol–water partition coefficient (Wildman–Crippen LogP) is 14.1.